The fourth-order valence-electron chi connectivity index (χ4n) is 5.27. The lowest BCUT2D eigenvalue weighted by atomic mass is 10.0. The molecule has 10 nitrogen and oxygen atoms in total. The van der Waals surface area contributed by atoms with Crippen LogP contribution >= 0.6 is 0 Å². The second kappa shape index (κ2) is 12.4. The first-order chi connectivity index (χ1) is 18.3. The zero-order valence-electron chi connectivity index (χ0n) is 22.9. The minimum Gasteiger partial charge on any atom is -0.490 e. The maximum Gasteiger partial charge on any atom is 0.433 e. The molecule has 4 rings (SSSR count). The number of hydrogen-bond donors (Lipinski definition) is 1. The zero-order valence-corrected chi connectivity index (χ0v) is 22.9. The van der Waals surface area contributed by atoms with Gasteiger partial charge in [-0.2, -0.15) is 0 Å². The molecule has 1 aliphatic heterocycles. The number of imidazole rings is 1. The fourth-order valence-corrected chi connectivity index (χ4v) is 5.27. The number of furan rings is 1. The number of nitrogens with one attached hydrogen (secondary N) is 1. The molecule has 206 valence electrons. The molecule has 2 aromatic heterocycles. The quantitative estimate of drug-likeness (QED) is 0.221. The van der Waals surface area contributed by atoms with Gasteiger partial charge in [0.25, 0.3) is 5.91 Å². The summed E-state index contributed by atoms with van der Waals surface area (Å²) in [5.74, 6) is 0.891. The highest BCUT2D eigenvalue weighted by molar-refractivity contribution is 6.04. The molecule has 3 heterocycles. The smallest absolute Gasteiger partial charge is 0.433 e. The molecule has 0 spiro atoms. The average molecular weight is 526 g/mol. The van der Waals surface area contributed by atoms with Crippen molar-refractivity contribution in [3.63, 3.8) is 0 Å². The van der Waals surface area contributed by atoms with Gasteiger partial charge >= 0.3 is 5.88 Å². The van der Waals surface area contributed by atoms with E-state index in [0.717, 1.165) is 55.8 Å². The van der Waals surface area contributed by atoms with Crippen LogP contribution in [0.2, 0.25) is 0 Å². The number of ether oxygens (including phenoxy) is 1. The van der Waals surface area contributed by atoms with Crippen molar-refractivity contribution < 1.29 is 18.9 Å². The van der Waals surface area contributed by atoms with E-state index in [1.807, 2.05) is 12.1 Å². The Morgan fingerprint density at radius 1 is 1.21 bits per heavy atom. The predicted octanol–water partition coefficient (Wildman–Crippen LogP) is 6.21. The van der Waals surface area contributed by atoms with Crippen LogP contribution in [-0.2, 0) is 6.42 Å². The molecule has 0 aliphatic carbocycles. The summed E-state index contributed by atoms with van der Waals surface area (Å²) >= 11 is 0. The SMILES string of the molecule is CCCc1nc2cc(NC(=O)c3ccc([N+](=O)[O-])o3)c(OCCN3CCCCC3)cc2n1C(C)CC(C)C. The van der Waals surface area contributed by atoms with Crippen LogP contribution in [0.1, 0.15) is 82.2 Å². The molecule has 3 aromatic rings. The number of aromatic nitrogens is 2. The number of piperidine rings is 1. The summed E-state index contributed by atoms with van der Waals surface area (Å²) in [7, 11) is 0. The largest absolute Gasteiger partial charge is 0.490 e. The second-order valence-corrected chi connectivity index (χ2v) is 10.6. The minimum atomic E-state index is -0.668. The van der Waals surface area contributed by atoms with Crippen molar-refractivity contribution in [1.82, 2.24) is 14.5 Å². The molecular formula is C28H39N5O5. The molecule has 1 fully saturated rings. The predicted molar refractivity (Wildman–Crippen MR) is 147 cm³/mol. The van der Waals surface area contributed by atoms with Crippen molar-refractivity contribution in [2.24, 2.45) is 5.92 Å². The highest BCUT2D eigenvalue weighted by Crippen LogP contribution is 2.35. The lowest BCUT2D eigenvalue weighted by Crippen LogP contribution is -2.33. The van der Waals surface area contributed by atoms with Crippen molar-refractivity contribution in [3.05, 3.63) is 46.0 Å². The van der Waals surface area contributed by atoms with Gasteiger partial charge in [-0.3, -0.25) is 19.8 Å². The number of benzene rings is 1. The van der Waals surface area contributed by atoms with Gasteiger partial charge in [-0.05, 0) is 63.7 Å². The molecule has 10 heteroatoms. The Kier molecular flexibility index (Phi) is 9.04. The summed E-state index contributed by atoms with van der Waals surface area (Å²) in [6.45, 7) is 12.2. The Balaban J connectivity index is 1.67. The van der Waals surface area contributed by atoms with Crippen molar-refractivity contribution in [3.8, 4) is 5.75 Å². The molecule has 0 radical (unpaired) electrons. The number of nitro groups is 1. The number of carbonyl (C=O) groups excluding carboxylic acids is 1. The molecule has 1 aromatic carbocycles. The molecule has 1 N–H and O–H groups in total. The van der Waals surface area contributed by atoms with Crippen LogP contribution in [0.25, 0.3) is 11.0 Å². The number of hydrogen-bond acceptors (Lipinski definition) is 7. The second-order valence-electron chi connectivity index (χ2n) is 10.6. The van der Waals surface area contributed by atoms with Gasteiger partial charge < -0.3 is 19.0 Å². The first kappa shape index (κ1) is 27.6. The average Bonchev–Trinajstić information content (AvgIpc) is 3.50. The van der Waals surface area contributed by atoms with Crippen LogP contribution in [0.5, 0.6) is 5.75 Å². The van der Waals surface area contributed by atoms with E-state index in [0.29, 0.717) is 24.0 Å². The van der Waals surface area contributed by atoms with Crippen molar-refractivity contribution in [2.75, 3.05) is 31.6 Å². The lowest BCUT2D eigenvalue weighted by molar-refractivity contribution is -0.402. The van der Waals surface area contributed by atoms with Gasteiger partial charge in [-0.1, -0.05) is 27.2 Å². The van der Waals surface area contributed by atoms with Crippen molar-refractivity contribution in [2.45, 2.75) is 72.3 Å². The van der Waals surface area contributed by atoms with Crippen LogP contribution in [0, 0.1) is 16.0 Å². The number of likely N-dealkylation sites (tertiary alicyclic amines) is 1. The van der Waals surface area contributed by atoms with Gasteiger partial charge in [-0.15, -0.1) is 0 Å². The molecule has 1 saturated heterocycles. The van der Waals surface area contributed by atoms with Crippen LogP contribution in [0.3, 0.4) is 0 Å². The minimum absolute atomic E-state index is 0.140. The molecule has 0 saturated carbocycles. The normalized spacial score (nSPS) is 15.2. The lowest BCUT2D eigenvalue weighted by Gasteiger charge is -2.26. The number of carbonyl (C=O) groups is 1. The van der Waals surface area contributed by atoms with E-state index >= 15 is 0 Å². The van der Waals surface area contributed by atoms with E-state index < -0.39 is 16.7 Å². The molecule has 1 unspecified atom stereocenters. The van der Waals surface area contributed by atoms with Crippen LogP contribution < -0.4 is 10.1 Å². The maximum absolute atomic E-state index is 12.9. The standard InChI is InChI=1S/C28H39N5O5/c1-5-9-26-29-21-17-22(30-28(34)24-10-11-27(38-24)33(35)36)25(37-15-14-31-12-7-6-8-13-31)18-23(21)32(26)20(4)16-19(2)3/h10-11,17-20H,5-9,12-16H2,1-4H3,(H,30,34). The van der Waals surface area contributed by atoms with Crippen molar-refractivity contribution in [1.29, 1.82) is 0 Å². The molecule has 1 aliphatic rings. The van der Waals surface area contributed by atoms with Gasteiger partial charge in [0.1, 0.15) is 23.1 Å². The van der Waals surface area contributed by atoms with Crippen LogP contribution in [-0.4, -0.2) is 51.5 Å². The number of anilines is 1. The number of fused-ring (bicyclic) bond motifs is 1. The Morgan fingerprint density at radius 2 is 1.97 bits per heavy atom. The summed E-state index contributed by atoms with van der Waals surface area (Å²) in [4.78, 5) is 30.6. The third-order valence-electron chi connectivity index (χ3n) is 6.95. The van der Waals surface area contributed by atoms with Gasteiger partial charge in [0.2, 0.25) is 0 Å². The summed E-state index contributed by atoms with van der Waals surface area (Å²) in [5, 5.41) is 13.8. The van der Waals surface area contributed by atoms with Gasteiger partial charge in [0, 0.05) is 25.1 Å². The number of nitrogens with zero attached hydrogens (tertiary/aromatic N) is 4. The van der Waals surface area contributed by atoms with Crippen LogP contribution in [0.4, 0.5) is 11.6 Å². The topological polar surface area (TPSA) is 116 Å². The Bertz CT molecular complexity index is 1260. The summed E-state index contributed by atoms with van der Waals surface area (Å²) in [6.07, 6.45) is 6.51. The first-order valence-electron chi connectivity index (χ1n) is 13.7. The van der Waals surface area contributed by atoms with Gasteiger partial charge in [0.05, 0.1) is 22.8 Å². The van der Waals surface area contributed by atoms with E-state index in [9.17, 15) is 14.9 Å². The summed E-state index contributed by atoms with van der Waals surface area (Å²) in [5.41, 5.74) is 2.21. The van der Waals surface area contributed by atoms with E-state index in [4.69, 9.17) is 14.1 Å². The summed E-state index contributed by atoms with van der Waals surface area (Å²) in [6, 6.07) is 6.52. The van der Waals surface area contributed by atoms with Gasteiger partial charge in [-0.25, -0.2) is 4.98 Å². The third-order valence-corrected chi connectivity index (χ3v) is 6.95. The van der Waals surface area contributed by atoms with E-state index in [2.05, 4.69) is 42.5 Å². The zero-order chi connectivity index (χ0) is 27.2. The Hall–Kier alpha value is -3.40. The van der Waals surface area contributed by atoms with Crippen molar-refractivity contribution >= 4 is 28.5 Å². The van der Waals surface area contributed by atoms with E-state index in [1.165, 1.54) is 31.4 Å². The monoisotopic (exact) mass is 525 g/mol. The molecule has 1 amide bonds. The van der Waals surface area contributed by atoms with E-state index in [-0.39, 0.29) is 11.8 Å². The highest BCUT2D eigenvalue weighted by atomic mass is 16.6. The highest BCUT2D eigenvalue weighted by Gasteiger charge is 2.22. The van der Waals surface area contributed by atoms with E-state index in [1.54, 1.807) is 0 Å². The molecule has 38 heavy (non-hydrogen) atoms. The number of amides is 1. The Morgan fingerprint density at radius 3 is 2.63 bits per heavy atom. The maximum atomic E-state index is 12.9. The van der Waals surface area contributed by atoms with Gasteiger partial charge in [0.15, 0.2) is 5.76 Å². The molecule has 0 bridgehead atoms. The number of aryl methyl sites for hydroxylation is 1. The fraction of sp³-hybridized carbons (Fsp3) is 0.571. The first-order valence-corrected chi connectivity index (χ1v) is 13.7. The van der Waals surface area contributed by atoms with Crippen LogP contribution in [0.15, 0.2) is 28.7 Å². The molecular weight excluding hydrogens is 486 g/mol. The Labute approximate surface area is 223 Å². The molecule has 1 atom stereocenters. The summed E-state index contributed by atoms with van der Waals surface area (Å²) < 4.78 is 13.7. The third kappa shape index (κ3) is 6.53. The number of rotatable bonds is 12.